The van der Waals surface area contributed by atoms with Crippen molar-refractivity contribution >= 4 is 23.1 Å². The summed E-state index contributed by atoms with van der Waals surface area (Å²) in [7, 11) is 0. The van der Waals surface area contributed by atoms with E-state index < -0.39 is 40.2 Å². The average Bonchev–Trinajstić information content (AvgIpc) is 3.23. The van der Waals surface area contributed by atoms with Crippen LogP contribution in [0.2, 0.25) is 0 Å². The molecule has 4 rings (SSSR count). The lowest BCUT2D eigenvalue weighted by atomic mass is 10.1. The number of hydrogen-bond acceptors (Lipinski definition) is 5. The van der Waals surface area contributed by atoms with Gasteiger partial charge in [-0.15, -0.1) is 5.92 Å². The molecule has 0 saturated carbocycles. The number of imidazole rings is 1. The maximum atomic E-state index is 13.9. The van der Waals surface area contributed by atoms with Gasteiger partial charge in [0.05, 0.1) is 24.8 Å². The molecule has 0 radical (unpaired) electrons. The van der Waals surface area contributed by atoms with E-state index in [4.69, 9.17) is 5.73 Å². The van der Waals surface area contributed by atoms with Crippen molar-refractivity contribution in [3.63, 3.8) is 0 Å². The summed E-state index contributed by atoms with van der Waals surface area (Å²) in [6, 6.07) is -0.0314. The van der Waals surface area contributed by atoms with Crippen LogP contribution < -0.4 is 16.2 Å². The zero-order valence-corrected chi connectivity index (χ0v) is 18.7. The maximum absolute atomic E-state index is 13.9. The van der Waals surface area contributed by atoms with Crippen molar-refractivity contribution in [2.45, 2.75) is 38.9 Å². The molecule has 12 heteroatoms. The summed E-state index contributed by atoms with van der Waals surface area (Å²) in [5, 5.41) is 4.03. The molecule has 35 heavy (non-hydrogen) atoms. The Hall–Kier alpha value is -3.72. The topological polar surface area (TPSA) is 82.0 Å². The third-order valence-electron chi connectivity index (χ3n) is 5.69. The van der Waals surface area contributed by atoms with E-state index in [2.05, 4.69) is 21.9 Å². The van der Waals surface area contributed by atoms with Crippen molar-refractivity contribution in [1.82, 2.24) is 19.3 Å². The molecule has 0 amide bonds. The fraction of sp³-hybridized carbons (Fsp3) is 0.348. The molecule has 1 atom stereocenters. The second kappa shape index (κ2) is 9.87. The van der Waals surface area contributed by atoms with E-state index in [1.54, 1.807) is 11.5 Å². The molecule has 3 aromatic rings. The van der Waals surface area contributed by atoms with Gasteiger partial charge in [0.15, 0.2) is 23.3 Å². The number of halogens is 5. The molecular formula is C23H21F5N6O. The number of nitrogens with two attached hydrogens (primary N) is 1. The van der Waals surface area contributed by atoms with E-state index in [0.717, 1.165) is 29.7 Å². The molecule has 1 fully saturated rings. The SMILES string of the molecule is CC#CCn1c(N2CCC[C@@H](N)C2)nc2cnn(CC=Cc3c(F)c(F)c(F)c(F)c3F)c(=O)c21. The first-order valence-corrected chi connectivity index (χ1v) is 10.8. The fourth-order valence-electron chi connectivity index (χ4n) is 3.98. The number of aromatic nitrogens is 4. The van der Waals surface area contributed by atoms with Gasteiger partial charge in [-0.2, -0.15) is 5.10 Å². The standard InChI is InChI=1S/C23H21F5N6O/c1-2-3-9-33-21-15(31-23(33)32-8-4-6-13(29)12-32)11-30-34(22(21)35)10-5-7-14-16(24)18(26)20(28)19(27)17(14)25/h5,7,11,13H,4,6,8-10,12,29H2,1H3/t13-/m1/s1. The van der Waals surface area contributed by atoms with Gasteiger partial charge in [-0.1, -0.05) is 18.1 Å². The highest BCUT2D eigenvalue weighted by Gasteiger charge is 2.25. The van der Waals surface area contributed by atoms with Crippen LogP contribution in [0, 0.1) is 40.9 Å². The Bertz CT molecular complexity index is 1410. The van der Waals surface area contributed by atoms with Gasteiger partial charge in [-0.3, -0.25) is 9.36 Å². The Kier molecular flexibility index (Phi) is 6.88. The van der Waals surface area contributed by atoms with Crippen LogP contribution in [0.1, 0.15) is 25.3 Å². The van der Waals surface area contributed by atoms with E-state index in [-0.39, 0.29) is 24.6 Å². The quantitative estimate of drug-likeness (QED) is 0.256. The molecular weight excluding hydrogens is 471 g/mol. The molecule has 3 heterocycles. The highest BCUT2D eigenvalue weighted by Crippen LogP contribution is 2.25. The van der Waals surface area contributed by atoms with E-state index in [1.807, 2.05) is 4.90 Å². The Morgan fingerprint density at radius 3 is 2.49 bits per heavy atom. The fourth-order valence-corrected chi connectivity index (χ4v) is 3.98. The molecule has 0 bridgehead atoms. The number of hydrogen-bond donors (Lipinski definition) is 1. The first kappa shape index (κ1) is 24.4. The summed E-state index contributed by atoms with van der Waals surface area (Å²) in [6.45, 7) is 2.84. The normalized spacial score (nSPS) is 16.2. The number of anilines is 1. The Labute approximate surface area is 196 Å². The van der Waals surface area contributed by atoms with Crippen molar-refractivity contribution in [1.29, 1.82) is 0 Å². The van der Waals surface area contributed by atoms with Crippen molar-refractivity contribution in [2.75, 3.05) is 18.0 Å². The van der Waals surface area contributed by atoms with Gasteiger partial charge in [-0.05, 0) is 19.8 Å². The molecule has 2 aromatic heterocycles. The van der Waals surface area contributed by atoms with E-state index in [1.165, 1.54) is 6.20 Å². The molecule has 7 nitrogen and oxygen atoms in total. The summed E-state index contributed by atoms with van der Waals surface area (Å²) in [6.07, 6.45) is 4.92. The zero-order chi connectivity index (χ0) is 25.3. The largest absolute Gasteiger partial charge is 0.341 e. The Morgan fingerprint density at radius 1 is 1.14 bits per heavy atom. The van der Waals surface area contributed by atoms with Crippen LogP contribution in [0.4, 0.5) is 27.9 Å². The van der Waals surface area contributed by atoms with Gasteiger partial charge in [0.1, 0.15) is 11.0 Å². The molecule has 2 N–H and O–H groups in total. The number of rotatable bonds is 5. The van der Waals surface area contributed by atoms with Crippen molar-refractivity contribution in [3.8, 4) is 11.8 Å². The second-order valence-corrected chi connectivity index (χ2v) is 8.02. The van der Waals surface area contributed by atoms with Gasteiger partial charge in [0, 0.05) is 19.1 Å². The van der Waals surface area contributed by atoms with Gasteiger partial charge in [0.25, 0.3) is 5.56 Å². The number of benzene rings is 1. The van der Waals surface area contributed by atoms with Crippen LogP contribution >= 0.6 is 0 Å². The highest BCUT2D eigenvalue weighted by molar-refractivity contribution is 5.77. The minimum absolute atomic E-state index is 0.0314. The first-order valence-electron chi connectivity index (χ1n) is 10.8. The van der Waals surface area contributed by atoms with E-state index in [0.29, 0.717) is 24.6 Å². The predicted molar refractivity (Wildman–Crippen MR) is 120 cm³/mol. The molecule has 1 aliphatic rings. The summed E-state index contributed by atoms with van der Waals surface area (Å²) >= 11 is 0. The third-order valence-corrected chi connectivity index (χ3v) is 5.69. The molecule has 1 saturated heterocycles. The smallest absolute Gasteiger partial charge is 0.293 e. The average molecular weight is 492 g/mol. The lowest BCUT2D eigenvalue weighted by molar-refractivity contribution is 0.377. The van der Waals surface area contributed by atoms with Gasteiger partial charge in [0.2, 0.25) is 11.8 Å². The van der Waals surface area contributed by atoms with E-state index in [9.17, 15) is 26.7 Å². The van der Waals surface area contributed by atoms with Crippen LogP contribution in [0.5, 0.6) is 0 Å². The molecule has 1 aliphatic heterocycles. The zero-order valence-electron chi connectivity index (χ0n) is 18.7. The van der Waals surface area contributed by atoms with Crippen LogP contribution in [0.25, 0.3) is 17.1 Å². The lowest BCUT2D eigenvalue weighted by Gasteiger charge is -2.31. The third kappa shape index (κ3) is 4.51. The number of piperidine rings is 1. The first-order chi connectivity index (χ1) is 16.7. The highest BCUT2D eigenvalue weighted by atomic mass is 19.2. The summed E-state index contributed by atoms with van der Waals surface area (Å²) in [5.41, 5.74) is 5.00. The molecule has 1 aromatic carbocycles. The van der Waals surface area contributed by atoms with Crippen molar-refractivity contribution in [3.05, 3.63) is 57.3 Å². The molecule has 0 spiro atoms. The van der Waals surface area contributed by atoms with Gasteiger partial charge < -0.3 is 10.6 Å². The minimum atomic E-state index is -2.24. The number of nitrogens with zero attached hydrogens (tertiary/aromatic N) is 5. The Balaban J connectivity index is 1.72. The minimum Gasteiger partial charge on any atom is -0.341 e. The molecule has 0 aliphatic carbocycles. The van der Waals surface area contributed by atoms with Crippen LogP contribution in [-0.4, -0.2) is 38.5 Å². The van der Waals surface area contributed by atoms with Crippen LogP contribution in [-0.2, 0) is 13.1 Å². The summed E-state index contributed by atoms with van der Waals surface area (Å²) in [4.78, 5) is 19.7. The molecule has 184 valence electrons. The monoisotopic (exact) mass is 492 g/mol. The number of fused-ring (bicyclic) bond motifs is 1. The lowest BCUT2D eigenvalue weighted by Crippen LogP contribution is -2.44. The summed E-state index contributed by atoms with van der Waals surface area (Å²) in [5.74, 6) is -4.03. The number of allylic oxidation sites excluding steroid dienone is 1. The maximum Gasteiger partial charge on any atom is 0.293 e. The van der Waals surface area contributed by atoms with Crippen LogP contribution in [0.15, 0.2) is 17.1 Å². The van der Waals surface area contributed by atoms with E-state index >= 15 is 0 Å². The Morgan fingerprint density at radius 2 is 1.83 bits per heavy atom. The second-order valence-electron chi connectivity index (χ2n) is 8.02. The van der Waals surface area contributed by atoms with Crippen molar-refractivity contribution < 1.29 is 22.0 Å². The van der Waals surface area contributed by atoms with Crippen molar-refractivity contribution in [2.24, 2.45) is 5.73 Å². The molecule has 0 unspecified atom stereocenters. The predicted octanol–water partition coefficient (Wildman–Crippen LogP) is 2.95. The van der Waals surface area contributed by atoms with Crippen LogP contribution in [0.3, 0.4) is 0 Å². The van der Waals surface area contributed by atoms with Gasteiger partial charge in [-0.25, -0.2) is 31.6 Å². The summed E-state index contributed by atoms with van der Waals surface area (Å²) < 4.78 is 70.5. The van der Waals surface area contributed by atoms with Gasteiger partial charge >= 0.3 is 0 Å².